The van der Waals surface area contributed by atoms with Crippen LogP contribution in [0, 0.1) is 35.5 Å². The molecule has 6 aliphatic carbocycles. The third kappa shape index (κ3) is 4.65. The predicted octanol–water partition coefficient (Wildman–Crippen LogP) is 10.7. The topological polar surface area (TPSA) is 35.5 Å². The molecular weight excluding hydrogens is 588 g/mol. The van der Waals surface area contributed by atoms with E-state index in [1.54, 1.807) is 0 Å². The first-order valence-corrected chi connectivity index (χ1v) is 18.3. The van der Waals surface area contributed by atoms with Gasteiger partial charge in [0.25, 0.3) is 0 Å². The maximum absolute atomic E-state index is 14.2. The number of hydrogen-bond donors (Lipinski definition) is 0. The second-order valence-corrected chi connectivity index (χ2v) is 15.4. The van der Waals surface area contributed by atoms with Gasteiger partial charge in [-0.3, -0.25) is 0 Å². The Hall–Kier alpha value is -4.37. The molecule has 6 aliphatic rings. The molecule has 2 saturated carbocycles. The Morgan fingerprint density at radius 3 is 1.17 bits per heavy atom. The van der Waals surface area contributed by atoms with Gasteiger partial charge in [-0.15, -0.1) is 0 Å². The lowest BCUT2D eigenvalue weighted by Crippen LogP contribution is -2.36. The van der Waals surface area contributed by atoms with Gasteiger partial charge in [0, 0.05) is 23.7 Å². The Bertz CT molecular complexity index is 1720. The molecule has 0 heterocycles. The number of carbonyl (C=O) groups excluding carboxylic acids is 1. The molecule has 0 spiro atoms. The lowest BCUT2D eigenvalue weighted by atomic mass is 9.81. The van der Waals surface area contributed by atoms with Crippen LogP contribution in [0.3, 0.4) is 0 Å². The van der Waals surface area contributed by atoms with E-state index >= 15 is 0 Å². The minimum absolute atomic E-state index is 0.199. The molecule has 0 saturated heterocycles. The summed E-state index contributed by atoms with van der Waals surface area (Å²) in [6.45, 7) is 0. The molecule has 8 atom stereocenters. The van der Waals surface area contributed by atoms with Crippen LogP contribution in [0.25, 0.3) is 22.3 Å². The number of allylic oxidation sites excluding steroid dienone is 4. The van der Waals surface area contributed by atoms with Gasteiger partial charge in [0.15, 0.2) is 0 Å². The van der Waals surface area contributed by atoms with Crippen molar-refractivity contribution in [1.29, 1.82) is 0 Å². The zero-order chi connectivity index (χ0) is 31.8. The normalized spacial score (nSPS) is 28.2. The summed E-state index contributed by atoms with van der Waals surface area (Å²) in [6.07, 6.45) is 14.8. The van der Waals surface area contributed by atoms with Crippen LogP contribution < -0.4 is 0 Å². The smallest absolute Gasteiger partial charge is 0.431 e. The van der Waals surface area contributed by atoms with Gasteiger partial charge in [-0.1, -0.05) is 121 Å². The molecule has 2 fully saturated rings. The summed E-state index contributed by atoms with van der Waals surface area (Å²) in [5.41, 5.74) is 10.7. The van der Waals surface area contributed by atoms with Gasteiger partial charge in [0.05, 0.1) is 0 Å². The van der Waals surface area contributed by atoms with E-state index in [4.69, 9.17) is 9.47 Å². The van der Waals surface area contributed by atoms with E-state index in [-0.39, 0.29) is 24.0 Å². The van der Waals surface area contributed by atoms with Gasteiger partial charge < -0.3 is 9.47 Å². The van der Waals surface area contributed by atoms with Crippen molar-refractivity contribution >= 4 is 6.16 Å². The summed E-state index contributed by atoms with van der Waals surface area (Å²) < 4.78 is 13.3. The zero-order valence-electron chi connectivity index (χ0n) is 27.3. The second kappa shape index (κ2) is 11.4. The Labute approximate surface area is 283 Å². The largest absolute Gasteiger partial charge is 0.508 e. The first-order chi connectivity index (χ1) is 23.7. The van der Waals surface area contributed by atoms with Crippen LogP contribution >= 0.6 is 0 Å². The SMILES string of the molecule is O=C(OC(CC1c2ccccc2-c2ccccc21)C1CC2C=CC1C2)OC(CC1c2ccccc2-c2ccccc21)C1CC2C=CC1C2. The van der Waals surface area contributed by atoms with E-state index in [0.29, 0.717) is 35.5 Å². The van der Waals surface area contributed by atoms with Gasteiger partial charge in [-0.25, -0.2) is 4.79 Å². The molecule has 4 aromatic carbocycles. The van der Waals surface area contributed by atoms with Gasteiger partial charge in [-0.05, 0) is 107 Å². The first-order valence-electron chi connectivity index (χ1n) is 18.3. The summed E-state index contributed by atoms with van der Waals surface area (Å²) in [4.78, 5) is 14.2. The fraction of sp³-hybridized carbons (Fsp3) is 0.356. The molecule has 0 aliphatic heterocycles. The summed E-state index contributed by atoms with van der Waals surface area (Å²) in [6, 6.07) is 35.2. The molecule has 10 rings (SSSR count). The molecule has 3 nitrogen and oxygen atoms in total. The number of hydrogen-bond acceptors (Lipinski definition) is 3. The van der Waals surface area contributed by atoms with Crippen molar-refractivity contribution in [3.05, 3.63) is 144 Å². The minimum Gasteiger partial charge on any atom is -0.431 e. The average molecular weight is 631 g/mol. The first kappa shape index (κ1) is 28.6. The van der Waals surface area contributed by atoms with Gasteiger partial charge in [-0.2, -0.15) is 0 Å². The Balaban J connectivity index is 0.953. The number of fused-ring (bicyclic) bond motifs is 10. The fourth-order valence-electron chi connectivity index (χ4n) is 10.9. The monoisotopic (exact) mass is 630 g/mol. The minimum atomic E-state index is -0.470. The Morgan fingerprint density at radius 1 is 0.500 bits per heavy atom. The molecule has 3 heteroatoms. The van der Waals surface area contributed by atoms with Crippen molar-refractivity contribution in [1.82, 2.24) is 0 Å². The van der Waals surface area contributed by atoms with Crippen molar-refractivity contribution in [3.63, 3.8) is 0 Å². The fourth-order valence-corrected chi connectivity index (χ4v) is 10.9. The van der Waals surface area contributed by atoms with Gasteiger partial charge in [0.2, 0.25) is 0 Å². The van der Waals surface area contributed by atoms with Crippen LogP contribution in [0.4, 0.5) is 4.79 Å². The van der Waals surface area contributed by atoms with Gasteiger partial charge >= 0.3 is 6.16 Å². The van der Waals surface area contributed by atoms with E-state index in [1.165, 1.54) is 57.3 Å². The molecule has 240 valence electrons. The highest BCUT2D eigenvalue weighted by Gasteiger charge is 2.46. The highest BCUT2D eigenvalue weighted by molar-refractivity contribution is 5.79. The summed E-state index contributed by atoms with van der Waals surface area (Å²) >= 11 is 0. The molecule has 4 aromatic rings. The number of ether oxygens (including phenoxy) is 2. The van der Waals surface area contributed by atoms with E-state index < -0.39 is 6.16 Å². The third-order valence-electron chi connectivity index (χ3n) is 13.0. The number of benzene rings is 4. The molecule has 0 N–H and O–H groups in total. The van der Waals surface area contributed by atoms with E-state index in [0.717, 1.165) is 25.7 Å². The summed E-state index contributed by atoms with van der Waals surface area (Å²) in [7, 11) is 0. The molecule has 0 aromatic heterocycles. The standard InChI is InChI=1S/C45H42O3/c46-45(47-43(39-23-27-17-19-29(39)21-27)25-41-35-13-5-1-9-31(35)32-10-2-6-14-36(32)41)48-44(40-24-28-18-20-30(40)22-28)26-42-37-15-7-3-11-33(37)34-12-4-8-16-38(34)42/h1-20,27-30,39-44H,21-26H2. The predicted molar refractivity (Wildman–Crippen MR) is 190 cm³/mol. The van der Waals surface area contributed by atoms with Gasteiger partial charge in [0.1, 0.15) is 12.2 Å². The number of carbonyl (C=O) groups is 1. The van der Waals surface area contributed by atoms with Crippen molar-refractivity contribution < 1.29 is 14.3 Å². The summed E-state index contributed by atoms with van der Waals surface area (Å²) in [5, 5.41) is 0. The van der Waals surface area contributed by atoms with E-state index in [2.05, 4.69) is 121 Å². The Kier molecular flexibility index (Phi) is 6.78. The molecule has 8 unspecified atom stereocenters. The zero-order valence-corrected chi connectivity index (χ0v) is 27.3. The van der Waals surface area contributed by atoms with Crippen LogP contribution in [0.1, 0.15) is 72.6 Å². The number of rotatable bonds is 8. The molecule has 4 bridgehead atoms. The molecule has 0 amide bonds. The van der Waals surface area contributed by atoms with Crippen LogP contribution in [0.15, 0.2) is 121 Å². The van der Waals surface area contributed by atoms with Crippen LogP contribution in [0.2, 0.25) is 0 Å². The van der Waals surface area contributed by atoms with Crippen LogP contribution in [-0.4, -0.2) is 18.4 Å². The molecule has 48 heavy (non-hydrogen) atoms. The second-order valence-electron chi connectivity index (χ2n) is 15.4. The maximum atomic E-state index is 14.2. The van der Waals surface area contributed by atoms with Crippen molar-refractivity contribution in [2.45, 2.75) is 62.6 Å². The van der Waals surface area contributed by atoms with Crippen LogP contribution in [0.5, 0.6) is 0 Å². The van der Waals surface area contributed by atoms with Crippen LogP contribution in [-0.2, 0) is 9.47 Å². The van der Waals surface area contributed by atoms with Crippen molar-refractivity contribution in [2.75, 3.05) is 0 Å². The van der Waals surface area contributed by atoms with Crippen molar-refractivity contribution in [3.8, 4) is 22.3 Å². The quantitative estimate of drug-likeness (QED) is 0.144. The maximum Gasteiger partial charge on any atom is 0.508 e. The molecule has 0 radical (unpaired) electrons. The lowest BCUT2D eigenvalue weighted by molar-refractivity contribution is -0.0436. The average Bonchev–Trinajstić information content (AvgIpc) is 3.99. The lowest BCUT2D eigenvalue weighted by Gasteiger charge is -2.33. The van der Waals surface area contributed by atoms with E-state index in [9.17, 15) is 4.79 Å². The molecular formula is C45H42O3. The highest BCUT2D eigenvalue weighted by Crippen LogP contribution is 2.53. The highest BCUT2D eigenvalue weighted by atomic mass is 16.7. The Morgan fingerprint density at radius 2 is 0.854 bits per heavy atom. The third-order valence-corrected chi connectivity index (χ3v) is 13.0. The van der Waals surface area contributed by atoms with Crippen molar-refractivity contribution in [2.24, 2.45) is 35.5 Å². The summed E-state index contributed by atoms with van der Waals surface area (Å²) in [5.74, 6) is 3.19. The van der Waals surface area contributed by atoms with E-state index in [1.807, 2.05) is 0 Å².